The molecule has 0 spiro atoms. The van der Waals surface area contributed by atoms with E-state index in [0.29, 0.717) is 11.3 Å². The Morgan fingerprint density at radius 3 is 2.83 bits per heavy atom. The van der Waals surface area contributed by atoms with Crippen molar-refractivity contribution in [1.29, 1.82) is 0 Å². The molecule has 1 aromatic carbocycles. The molecule has 0 aliphatic carbocycles. The normalized spacial score (nSPS) is 10.1. The molecule has 0 saturated heterocycles. The van der Waals surface area contributed by atoms with Gasteiger partial charge < -0.3 is 9.47 Å². The Morgan fingerprint density at radius 2 is 2.17 bits per heavy atom. The number of para-hydroxylation sites is 1. The molecule has 0 fully saturated rings. The molecule has 1 heterocycles. The number of esters is 1. The molecule has 2 rings (SSSR count). The fourth-order valence-corrected chi connectivity index (χ4v) is 1.58. The molecule has 0 N–H and O–H groups in total. The molecule has 0 aliphatic heterocycles. The van der Waals surface area contributed by atoms with Crippen molar-refractivity contribution >= 4 is 5.97 Å². The third-order valence-corrected chi connectivity index (χ3v) is 2.49. The van der Waals surface area contributed by atoms with E-state index in [1.54, 1.807) is 25.0 Å². The highest BCUT2D eigenvalue weighted by Crippen LogP contribution is 2.18. The molecule has 0 unspecified atom stereocenters. The van der Waals surface area contributed by atoms with Gasteiger partial charge in [0.15, 0.2) is 0 Å². The van der Waals surface area contributed by atoms with Crippen LogP contribution < -0.4 is 4.74 Å². The number of aromatic nitrogens is 2. The summed E-state index contributed by atoms with van der Waals surface area (Å²) in [6.07, 6.45) is 3.09. The maximum atomic E-state index is 11.7. The molecular formula is C13H14N2O3. The van der Waals surface area contributed by atoms with Gasteiger partial charge in [-0.2, -0.15) is 5.10 Å². The van der Waals surface area contributed by atoms with Crippen LogP contribution in [0.4, 0.5) is 0 Å². The van der Waals surface area contributed by atoms with Crippen LogP contribution in [0.25, 0.3) is 0 Å². The lowest BCUT2D eigenvalue weighted by Gasteiger charge is -2.08. The number of ether oxygens (including phenoxy) is 2. The smallest absolute Gasteiger partial charge is 0.341 e. The van der Waals surface area contributed by atoms with Gasteiger partial charge in [-0.05, 0) is 6.07 Å². The van der Waals surface area contributed by atoms with Crippen LogP contribution in [0.1, 0.15) is 15.9 Å². The van der Waals surface area contributed by atoms with Crippen LogP contribution in [-0.2, 0) is 18.4 Å². The summed E-state index contributed by atoms with van der Waals surface area (Å²) < 4.78 is 11.9. The standard InChI is InChI=1S/C13H14N2O3/c1-15-8-11(7-14-15)13(16)18-9-10-5-3-4-6-12(10)17-2/h3-8H,9H2,1-2H3. The average molecular weight is 246 g/mol. The van der Waals surface area contributed by atoms with E-state index in [1.807, 2.05) is 24.3 Å². The number of hydrogen-bond donors (Lipinski definition) is 0. The molecule has 5 heteroatoms. The molecule has 0 atom stereocenters. The molecule has 2 aromatic rings. The average Bonchev–Trinajstić information content (AvgIpc) is 2.83. The van der Waals surface area contributed by atoms with Gasteiger partial charge in [-0.1, -0.05) is 18.2 Å². The molecule has 18 heavy (non-hydrogen) atoms. The van der Waals surface area contributed by atoms with Crippen molar-refractivity contribution in [2.24, 2.45) is 7.05 Å². The Morgan fingerprint density at radius 1 is 1.39 bits per heavy atom. The number of nitrogens with zero attached hydrogens (tertiary/aromatic N) is 2. The molecule has 1 aromatic heterocycles. The van der Waals surface area contributed by atoms with E-state index in [9.17, 15) is 4.79 Å². The molecule has 94 valence electrons. The zero-order valence-corrected chi connectivity index (χ0v) is 10.3. The van der Waals surface area contributed by atoms with Crippen LogP contribution in [0, 0.1) is 0 Å². The van der Waals surface area contributed by atoms with Gasteiger partial charge in [-0.3, -0.25) is 4.68 Å². The first-order valence-electron chi connectivity index (χ1n) is 5.48. The summed E-state index contributed by atoms with van der Waals surface area (Å²) in [7, 11) is 3.33. The van der Waals surface area contributed by atoms with Gasteiger partial charge in [-0.25, -0.2) is 4.79 Å². The van der Waals surface area contributed by atoms with E-state index in [-0.39, 0.29) is 6.61 Å². The summed E-state index contributed by atoms with van der Waals surface area (Å²) >= 11 is 0. The van der Waals surface area contributed by atoms with Crippen molar-refractivity contribution in [3.05, 3.63) is 47.8 Å². The Hall–Kier alpha value is -2.30. The van der Waals surface area contributed by atoms with Gasteiger partial charge in [0.05, 0.1) is 18.9 Å². The van der Waals surface area contributed by atoms with Gasteiger partial charge in [0.2, 0.25) is 0 Å². The van der Waals surface area contributed by atoms with Crippen molar-refractivity contribution in [3.8, 4) is 5.75 Å². The second-order valence-corrected chi connectivity index (χ2v) is 3.79. The van der Waals surface area contributed by atoms with Gasteiger partial charge in [0.25, 0.3) is 0 Å². The monoisotopic (exact) mass is 246 g/mol. The summed E-state index contributed by atoms with van der Waals surface area (Å²) in [5, 5.41) is 3.92. The van der Waals surface area contributed by atoms with Crippen molar-refractivity contribution in [3.63, 3.8) is 0 Å². The van der Waals surface area contributed by atoms with Crippen LogP contribution >= 0.6 is 0 Å². The minimum Gasteiger partial charge on any atom is -0.496 e. The topological polar surface area (TPSA) is 53.4 Å². The third-order valence-electron chi connectivity index (χ3n) is 2.49. The first-order chi connectivity index (χ1) is 8.70. The first kappa shape index (κ1) is 12.2. The van der Waals surface area contributed by atoms with E-state index >= 15 is 0 Å². The highest BCUT2D eigenvalue weighted by atomic mass is 16.5. The molecule has 0 amide bonds. The Kier molecular flexibility index (Phi) is 3.62. The Labute approximate surface area is 105 Å². The lowest BCUT2D eigenvalue weighted by atomic mass is 10.2. The van der Waals surface area contributed by atoms with E-state index < -0.39 is 5.97 Å². The molecule has 5 nitrogen and oxygen atoms in total. The molecule has 0 saturated carbocycles. The van der Waals surface area contributed by atoms with Crippen molar-refractivity contribution < 1.29 is 14.3 Å². The summed E-state index contributed by atoms with van der Waals surface area (Å²) in [6.45, 7) is 0.178. The summed E-state index contributed by atoms with van der Waals surface area (Å²) in [6, 6.07) is 7.42. The second kappa shape index (κ2) is 5.35. The predicted molar refractivity (Wildman–Crippen MR) is 65.3 cm³/mol. The number of aryl methyl sites for hydroxylation is 1. The predicted octanol–water partition coefficient (Wildman–Crippen LogP) is 1.79. The number of methoxy groups -OCH3 is 1. The molecule has 0 radical (unpaired) electrons. The zero-order chi connectivity index (χ0) is 13.0. The molecular weight excluding hydrogens is 232 g/mol. The maximum Gasteiger partial charge on any atom is 0.341 e. The maximum absolute atomic E-state index is 11.7. The highest BCUT2D eigenvalue weighted by molar-refractivity contribution is 5.88. The SMILES string of the molecule is COc1ccccc1COC(=O)c1cnn(C)c1. The fourth-order valence-electron chi connectivity index (χ4n) is 1.58. The number of carbonyl (C=O) groups is 1. The summed E-state index contributed by atoms with van der Waals surface area (Å²) in [5.74, 6) is 0.311. The number of carbonyl (C=O) groups excluding carboxylic acids is 1. The van der Waals surface area contributed by atoms with Crippen molar-refractivity contribution in [2.45, 2.75) is 6.61 Å². The van der Waals surface area contributed by atoms with Gasteiger partial charge >= 0.3 is 5.97 Å². The Bertz CT molecular complexity index is 549. The third kappa shape index (κ3) is 2.68. The first-order valence-corrected chi connectivity index (χ1v) is 5.48. The fraction of sp³-hybridized carbons (Fsp3) is 0.231. The molecule has 0 aliphatic rings. The van der Waals surface area contributed by atoms with Crippen LogP contribution in [0.5, 0.6) is 5.75 Å². The Balaban J connectivity index is 2.01. The zero-order valence-electron chi connectivity index (χ0n) is 10.3. The minimum atomic E-state index is -0.394. The van der Waals surface area contributed by atoms with E-state index in [1.165, 1.54) is 6.20 Å². The van der Waals surface area contributed by atoms with Crippen LogP contribution in [-0.4, -0.2) is 22.9 Å². The van der Waals surface area contributed by atoms with Crippen LogP contribution in [0.3, 0.4) is 0 Å². The summed E-state index contributed by atoms with van der Waals surface area (Å²) in [4.78, 5) is 11.7. The lowest BCUT2D eigenvalue weighted by molar-refractivity contribution is 0.0470. The highest BCUT2D eigenvalue weighted by Gasteiger charge is 2.10. The van der Waals surface area contributed by atoms with Crippen molar-refractivity contribution in [1.82, 2.24) is 9.78 Å². The van der Waals surface area contributed by atoms with E-state index in [0.717, 1.165) is 5.56 Å². The largest absolute Gasteiger partial charge is 0.496 e. The number of rotatable bonds is 4. The van der Waals surface area contributed by atoms with Crippen molar-refractivity contribution in [2.75, 3.05) is 7.11 Å². The number of hydrogen-bond acceptors (Lipinski definition) is 4. The van der Waals surface area contributed by atoms with Crippen LogP contribution in [0.2, 0.25) is 0 Å². The quantitative estimate of drug-likeness (QED) is 0.772. The molecule has 0 bridgehead atoms. The van der Waals surface area contributed by atoms with Gasteiger partial charge in [-0.15, -0.1) is 0 Å². The summed E-state index contributed by atoms with van der Waals surface area (Å²) in [5.41, 5.74) is 1.27. The van der Waals surface area contributed by atoms with Gasteiger partial charge in [0, 0.05) is 18.8 Å². The van der Waals surface area contributed by atoms with Gasteiger partial charge in [0.1, 0.15) is 12.4 Å². The van der Waals surface area contributed by atoms with Crippen LogP contribution in [0.15, 0.2) is 36.7 Å². The van der Waals surface area contributed by atoms with E-state index in [2.05, 4.69) is 5.10 Å². The minimum absolute atomic E-state index is 0.178. The second-order valence-electron chi connectivity index (χ2n) is 3.79. The van der Waals surface area contributed by atoms with E-state index in [4.69, 9.17) is 9.47 Å². The lowest BCUT2D eigenvalue weighted by Crippen LogP contribution is -2.05. The number of benzene rings is 1.